The molecule has 1 N–H and O–H groups in total. The van der Waals surface area contributed by atoms with Crippen molar-refractivity contribution >= 4 is 9.84 Å². The Kier molecular flexibility index (Phi) is 3.53. The Balaban J connectivity index is 2.40. The van der Waals surface area contributed by atoms with Gasteiger partial charge in [-0.1, -0.05) is 0 Å². The van der Waals surface area contributed by atoms with Crippen molar-refractivity contribution in [3.63, 3.8) is 0 Å². The van der Waals surface area contributed by atoms with Crippen molar-refractivity contribution in [3.05, 3.63) is 0 Å². The normalized spacial score (nSPS) is 26.6. The van der Waals surface area contributed by atoms with E-state index >= 15 is 0 Å². The molecule has 0 spiro atoms. The smallest absolute Gasteiger partial charge is 0.147 e. The summed E-state index contributed by atoms with van der Waals surface area (Å²) in [7, 11) is -2.77. The van der Waals surface area contributed by atoms with E-state index in [9.17, 15) is 8.42 Å². The molecule has 0 bridgehead atoms. The zero-order valence-corrected chi connectivity index (χ0v) is 8.36. The third-order valence-electron chi connectivity index (χ3n) is 2.23. The van der Waals surface area contributed by atoms with Crippen LogP contribution in [0.25, 0.3) is 0 Å². The van der Waals surface area contributed by atoms with Gasteiger partial charge in [-0.3, -0.25) is 0 Å². The monoisotopic (exact) mass is 191 g/mol. The molecule has 1 fully saturated rings. The van der Waals surface area contributed by atoms with Gasteiger partial charge < -0.3 is 5.32 Å². The van der Waals surface area contributed by atoms with Crippen LogP contribution in [0.5, 0.6) is 0 Å². The molecule has 72 valence electrons. The maximum atomic E-state index is 11.0. The van der Waals surface area contributed by atoms with Crippen molar-refractivity contribution in [1.82, 2.24) is 5.32 Å². The molecule has 1 aliphatic rings. The van der Waals surface area contributed by atoms with Crippen LogP contribution in [0.15, 0.2) is 0 Å². The molecule has 1 atom stereocenters. The van der Waals surface area contributed by atoms with Gasteiger partial charge in [-0.05, 0) is 38.3 Å². The molecule has 0 aliphatic carbocycles. The van der Waals surface area contributed by atoms with Crippen LogP contribution in [0.4, 0.5) is 0 Å². The molecule has 0 amide bonds. The van der Waals surface area contributed by atoms with Gasteiger partial charge in [0, 0.05) is 6.26 Å². The van der Waals surface area contributed by atoms with E-state index < -0.39 is 9.84 Å². The second-order valence-corrected chi connectivity index (χ2v) is 5.82. The first-order chi connectivity index (χ1) is 5.58. The van der Waals surface area contributed by atoms with Crippen molar-refractivity contribution in [1.29, 1.82) is 0 Å². The number of sulfone groups is 1. The molecule has 0 aromatic rings. The molecule has 0 aromatic heterocycles. The van der Waals surface area contributed by atoms with Crippen molar-refractivity contribution in [2.75, 3.05) is 25.1 Å². The highest BCUT2D eigenvalue weighted by atomic mass is 32.2. The van der Waals surface area contributed by atoms with E-state index in [0.29, 0.717) is 11.7 Å². The van der Waals surface area contributed by atoms with E-state index in [1.165, 1.54) is 6.26 Å². The van der Waals surface area contributed by atoms with Gasteiger partial charge in [0.1, 0.15) is 9.84 Å². The lowest BCUT2D eigenvalue weighted by Gasteiger charge is -2.10. The summed E-state index contributed by atoms with van der Waals surface area (Å²) in [5.41, 5.74) is 0. The second kappa shape index (κ2) is 4.23. The van der Waals surface area contributed by atoms with Gasteiger partial charge >= 0.3 is 0 Å². The van der Waals surface area contributed by atoms with Gasteiger partial charge in [-0.25, -0.2) is 8.42 Å². The zero-order chi connectivity index (χ0) is 9.03. The topological polar surface area (TPSA) is 46.2 Å². The molecule has 1 unspecified atom stereocenters. The summed E-state index contributed by atoms with van der Waals surface area (Å²) in [6.07, 6.45) is 4.50. The number of nitrogens with one attached hydrogen (secondary N) is 1. The highest BCUT2D eigenvalue weighted by molar-refractivity contribution is 7.90. The van der Waals surface area contributed by atoms with E-state index in [-0.39, 0.29) is 0 Å². The first kappa shape index (κ1) is 9.99. The zero-order valence-electron chi connectivity index (χ0n) is 7.54. The summed E-state index contributed by atoms with van der Waals surface area (Å²) in [4.78, 5) is 0. The van der Waals surface area contributed by atoms with Crippen molar-refractivity contribution < 1.29 is 8.42 Å². The molecule has 3 nitrogen and oxygen atoms in total. The Labute approximate surface area is 74.5 Å². The standard InChI is InChI=1S/C8H17NO2S/c1-12(10,11)7-8-3-2-5-9-6-4-8/h8-9H,2-7H2,1H3. The van der Waals surface area contributed by atoms with Gasteiger partial charge in [-0.2, -0.15) is 0 Å². The summed E-state index contributed by atoms with van der Waals surface area (Å²) in [6, 6.07) is 0. The molecule has 1 aliphatic heterocycles. The van der Waals surface area contributed by atoms with E-state index in [0.717, 1.165) is 32.4 Å². The van der Waals surface area contributed by atoms with Crippen LogP contribution in [0.2, 0.25) is 0 Å². The van der Waals surface area contributed by atoms with E-state index in [4.69, 9.17) is 0 Å². The minimum Gasteiger partial charge on any atom is -0.317 e. The van der Waals surface area contributed by atoms with Gasteiger partial charge in [0.2, 0.25) is 0 Å². The Hall–Kier alpha value is -0.0900. The highest BCUT2D eigenvalue weighted by Crippen LogP contribution is 2.15. The Morgan fingerprint density at radius 2 is 2.08 bits per heavy atom. The fourth-order valence-corrected chi connectivity index (χ4v) is 2.88. The molecule has 0 aromatic carbocycles. The van der Waals surface area contributed by atoms with E-state index in [1.54, 1.807) is 0 Å². The van der Waals surface area contributed by atoms with E-state index in [2.05, 4.69) is 5.32 Å². The molecule has 4 heteroatoms. The number of hydrogen-bond donors (Lipinski definition) is 1. The Bertz CT molecular complexity index is 215. The lowest BCUT2D eigenvalue weighted by atomic mass is 10.0. The molecular weight excluding hydrogens is 174 g/mol. The minimum atomic E-state index is -2.77. The number of rotatable bonds is 2. The van der Waals surface area contributed by atoms with Gasteiger partial charge in [0.05, 0.1) is 5.75 Å². The van der Waals surface area contributed by atoms with Crippen molar-refractivity contribution in [3.8, 4) is 0 Å². The maximum absolute atomic E-state index is 11.0. The largest absolute Gasteiger partial charge is 0.317 e. The van der Waals surface area contributed by atoms with E-state index in [1.807, 2.05) is 0 Å². The first-order valence-corrected chi connectivity index (χ1v) is 6.52. The summed E-state index contributed by atoms with van der Waals surface area (Å²) in [5, 5.41) is 3.27. The predicted octanol–water partition coefficient (Wildman–Crippen LogP) is 0.421. The van der Waals surface area contributed by atoms with Crippen LogP contribution in [0, 0.1) is 5.92 Å². The minimum absolute atomic E-state index is 0.370. The third kappa shape index (κ3) is 4.07. The Morgan fingerprint density at radius 3 is 2.75 bits per heavy atom. The lowest BCUT2D eigenvalue weighted by molar-refractivity contribution is 0.507. The fourth-order valence-electron chi connectivity index (χ4n) is 1.69. The summed E-state index contributed by atoms with van der Waals surface area (Å²) in [6.45, 7) is 2.01. The first-order valence-electron chi connectivity index (χ1n) is 4.46. The SMILES string of the molecule is CS(=O)(=O)CC1CCCNCC1. The fraction of sp³-hybridized carbons (Fsp3) is 1.00. The molecule has 1 heterocycles. The average Bonchev–Trinajstić information content (AvgIpc) is 2.12. The van der Waals surface area contributed by atoms with Gasteiger partial charge in [0.25, 0.3) is 0 Å². The van der Waals surface area contributed by atoms with Crippen molar-refractivity contribution in [2.24, 2.45) is 5.92 Å². The second-order valence-electron chi connectivity index (χ2n) is 3.64. The third-order valence-corrected chi connectivity index (χ3v) is 3.31. The van der Waals surface area contributed by atoms with Crippen molar-refractivity contribution in [2.45, 2.75) is 19.3 Å². The van der Waals surface area contributed by atoms with Gasteiger partial charge in [-0.15, -0.1) is 0 Å². The summed E-state index contributed by atoms with van der Waals surface area (Å²) in [5.74, 6) is 0.754. The molecule has 0 saturated carbocycles. The molecule has 0 radical (unpaired) electrons. The van der Waals surface area contributed by atoms with Crippen LogP contribution < -0.4 is 5.32 Å². The average molecular weight is 191 g/mol. The lowest BCUT2D eigenvalue weighted by Crippen LogP contribution is -2.17. The number of hydrogen-bond acceptors (Lipinski definition) is 3. The van der Waals surface area contributed by atoms with Crippen LogP contribution in [-0.2, 0) is 9.84 Å². The summed E-state index contributed by atoms with van der Waals surface area (Å²) >= 11 is 0. The predicted molar refractivity (Wildman–Crippen MR) is 49.9 cm³/mol. The Morgan fingerprint density at radius 1 is 1.33 bits per heavy atom. The quantitative estimate of drug-likeness (QED) is 0.688. The van der Waals surface area contributed by atoms with Crippen LogP contribution >= 0.6 is 0 Å². The summed E-state index contributed by atoms with van der Waals surface area (Å²) < 4.78 is 22.0. The molecule has 12 heavy (non-hydrogen) atoms. The molecule has 1 saturated heterocycles. The maximum Gasteiger partial charge on any atom is 0.147 e. The highest BCUT2D eigenvalue weighted by Gasteiger charge is 2.16. The molecule has 1 rings (SSSR count). The van der Waals surface area contributed by atoms with Crippen LogP contribution in [-0.4, -0.2) is 33.5 Å². The van der Waals surface area contributed by atoms with Crippen LogP contribution in [0.3, 0.4) is 0 Å². The van der Waals surface area contributed by atoms with Crippen LogP contribution in [0.1, 0.15) is 19.3 Å². The molecular formula is C8H17NO2S. The van der Waals surface area contributed by atoms with Gasteiger partial charge in [0.15, 0.2) is 0 Å².